The van der Waals surface area contributed by atoms with Crippen molar-refractivity contribution in [3.8, 4) is 0 Å². The van der Waals surface area contributed by atoms with Gasteiger partial charge in [-0.05, 0) is 26.1 Å². The van der Waals surface area contributed by atoms with Crippen molar-refractivity contribution in [2.75, 3.05) is 32.5 Å². The van der Waals surface area contributed by atoms with Gasteiger partial charge in [0.25, 0.3) is 5.08 Å². The van der Waals surface area contributed by atoms with Crippen LogP contribution in [0.25, 0.3) is 0 Å². The van der Waals surface area contributed by atoms with Gasteiger partial charge in [0.1, 0.15) is 11.9 Å². The maximum Gasteiger partial charge on any atom is 0.479 e. The third-order valence-electron chi connectivity index (χ3n) is 5.99. The van der Waals surface area contributed by atoms with Gasteiger partial charge in [0.15, 0.2) is 6.10 Å². The first kappa shape index (κ1) is 35.0. The number of aliphatic hydroxyl groups excluding tert-OH is 1. The molecule has 0 aliphatic carbocycles. The Morgan fingerprint density at radius 2 is 1.85 bits per heavy atom. The summed E-state index contributed by atoms with van der Waals surface area (Å²) in [4.78, 5) is 56.0. The van der Waals surface area contributed by atoms with Gasteiger partial charge in [-0.3, -0.25) is 18.2 Å². The van der Waals surface area contributed by atoms with Crippen LogP contribution in [0.15, 0.2) is 17.1 Å². The van der Waals surface area contributed by atoms with Gasteiger partial charge < -0.3 is 45.2 Å². The van der Waals surface area contributed by atoms with E-state index in [0.717, 1.165) is 25.1 Å². The lowest BCUT2D eigenvalue weighted by Gasteiger charge is -2.33. The summed E-state index contributed by atoms with van der Waals surface area (Å²) in [6.07, 6.45) is -5.24. The first-order valence-electron chi connectivity index (χ1n) is 11.7. The number of alkyl halides is 2. The number of aromatic nitrogens is 2. The molecule has 6 atom stereocenters. The van der Waals surface area contributed by atoms with Gasteiger partial charge in [0, 0.05) is 19.2 Å². The lowest BCUT2D eigenvalue weighted by Crippen LogP contribution is -2.42. The molecular weight excluding hydrogens is 611 g/mol. The summed E-state index contributed by atoms with van der Waals surface area (Å²) in [5, 5.41) is 16.7. The SMILES string of the molecule is CCCCCN(C)CCC(O)(P(=O)(O)O)P(=O)(O)OP(=O)(O)OCC1OC(n2ccc(N)nc2=O)C(F)(F)C1O. The van der Waals surface area contributed by atoms with Gasteiger partial charge in [-0.15, -0.1) is 0 Å². The molecule has 22 heteroatoms. The topological polar surface area (TPSA) is 264 Å². The molecule has 1 fully saturated rings. The number of nitrogens with two attached hydrogens (primary N) is 1. The summed E-state index contributed by atoms with van der Waals surface area (Å²) in [7, 11) is -16.4. The predicted molar refractivity (Wildman–Crippen MR) is 133 cm³/mol. The highest BCUT2D eigenvalue weighted by atomic mass is 31.3. The zero-order valence-corrected chi connectivity index (χ0v) is 24.1. The van der Waals surface area contributed by atoms with E-state index in [2.05, 4.69) is 13.8 Å². The largest absolute Gasteiger partial charge is 0.479 e. The monoisotopic (exact) mass is 644 g/mol. The van der Waals surface area contributed by atoms with Crippen LogP contribution in [0.5, 0.6) is 0 Å². The number of anilines is 1. The van der Waals surface area contributed by atoms with Crippen LogP contribution >= 0.6 is 23.0 Å². The normalized spacial score (nSPS) is 25.8. The molecule has 6 unspecified atom stereocenters. The lowest BCUT2D eigenvalue weighted by atomic mass is 10.1. The van der Waals surface area contributed by atoms with E-state index in [4.69, 9.17) is 10.5 Å². The summed E-state index contributed by atoms with van der Waals surface area (Å²) in [5.74, 6) is -4.47. The van der Waals surface area contributed by atoms with Crippen molar-refractivity contribution in [3.63, 3.8) is 0 Å². The molecule has 0 bridgehead atoms. The number of nitrogens with zero attached hydrogens (tertiary/aromatic N) is 3. The molecule has 1 aliphatic heterocycles. The van der Waals surface area contributed by atoms with Crippen LogP contribution in [0, 0.1) is 0 Å². The van der Waals surface area contributed by atoms with Crippen molar-refractivity contribution in [3.05, 3.63) is 22.7 Å². The Morgan fingerprint density at radius 3 is 2.40 bits per heavy atom. The number of unbranched alkanes of at least 4 members (excludes halogenated alkanes) is 2. The van der Waals surface area contributed by atoms with Gasteiger partial charge in [-0.1, -0.05) is 19.8 Å². The number of rotatable bonds is 15. The Bertz CT molecular complexity index is 1230. The van der Waals surface area contributed by atoms with E-state index >= 15 is 0 Å². The smallest absolute Gasteiger partial charge is 0.384 e. The quantitative estimate of drug-likeness (QED) is 0.100. The molecule has 1 aliphatic rings. The molecule has 2 heterocycles. The molecule has 0 aromatic carbocycles. The maximum atomic E-state index is 14.6. The minimum Gasteiger partial charge on any atom is -0.384 e. The summed E-state index contributed by atoms with van der Waals surface area (Å²) >= 11 is 0. The first-order chi connectivity index (χ1) is 18.2. The van der Waals surface area contributed by atoms with Crippen LogP contribution in [-0.2, 0) is 27.3 Å². The van der Waals surface area contributed by atoms with Crippen molar-refractivity contribution >= 4 is 28.8 Å². The highest BCUT2D eigenvalue weighted by Gasteiger charge is 2.63. The fraction of sp³-hybridized carbons (Fsp3) is 0.778. The first-order valence-corrected chi connectivity index (χ1v) is 16.4. The summed E-state index contributed by atoms with van der Waals surface area (Å²) in [5.41, 5.74) is 4.03. The highest BCUT2D eigenvalue weighted by molar-refractivity contribution is 7.75. The van der Waals surface area contributed by atoms with E-state index in [-0.39, 0.29) is 16.9 Å². The number of aliphatic hydroxyl groups is 2. The molecule has 232 valence electrons. The van der Waals surface area contributed by atoms with E-state index in [0.29, 0.717) is 13.0 Å². The average molecular weight is 644 g/mol. The Morgan fingerprint density at radius 1 is 1.23 bits per heavy atom. The van der Waals surface area contributed by atoms with E-state index in [9.17, 15) is 57.1 Å². The highest BCUT2D eigenvalue weighted by Crippen LogP contribution is 2.76. The van der Waals surface area contributed by atoms with Crippen LogP contribution in [0.4, 0.5) is 14.6 Å². The van der Waals surface area contributed by atoms with Gasteiger partial charge >= 0.3 is 34.6 Å². The average Bonchev–Trinajstić information content (AvgIpc) is 3.03. The van der Waals surface area contributed by atoms with Gasteiger partial charge in [0.2, 0.25) is 6.23 Å². The third kappa shape index (κ3) is 8.01. The van der Waals surface area contributed by atoms with Crippen LogP contribution in [0.2, 0.25) is 0 Å². The van der Waals surface area contributed by atoms with Crippen molar-refractivity contribution in [2.24, 2.45) is 0 Å². The summed E-state index contributed by atoms with van der Waals surface area (Å²) < 4.78 is 80.0. The summed E-state index contributed by atoms with van der Waals surface area (Å²) in [6.45, 7) is 0.598. The number of ether oxygens (including phenoxy) is 1. The predicted octanol–water partition coefficient (Wildman–Crippen LogP) is 0.374. The van der Waals surface area contributed by atoms with E-state index in [1.165, 1.54) is 11.9 Å². The molecule has 0 spiro atoms. The van der Waals surface area contributed by atoms with E-state index in [1.807, 2.05) is 6.92 Å². The van der Waals surface area contributed by atoms with Crippen molar-refractivity contribution in [2.45, 2.75) is 62.0 Å². The van der Waals surface area contributed by atoms with Gasteiger partial charge in [-0.25, -0.2) is 13.7 Å². The Balaban J connectivity index is 2.15. The molecule has 1 saturated heterocycles. The third-order valence-corrected chi connectivity index (χ3v) is 12.0. The number of phosphoric ester groups is 1. The zero-order valence-electron chi connectivity index (χ0n) is 21.4. The molecule has 2 rings (SSSR count). The van der Waals surface area contributed by atoms with Gasteiger partial charge in [-0.2, -0.15) is 13.8 Å². The molecule has 0 radical (unpaired) electrons. The van der Waals surface area contributed by atoms with Crippen molar-refractivity contribution < 1.29 is 65.8 Å². The van der Waals surface area contributed by atoms with Crippen molar-refractivity contribution in [1.29, 1.82) is 0 Å². The Labute approximate surface area is 226 Å². The number of hydrogen-bond donors (Lipinski definition) is 7. The molecule has 17 nitrogen and oxygen atoms in total. The molecule has 0 amide bonds. The zero-order chi connectivity index (χ0) is 30.7. The number of halogens is 2. The standard InChI is InChI=1S/C18H33F2N4O13P3/c1-3-4-5-8-23(2)10-7-17(27,38(28,29)30)39(31,32)37-40(33,34)35-11-12-14(25)18(19,20)15(36-12)24-9-6-13(21)22-16(24)26/h6,9,12,14-15,25,27H,3-5,7-8,10-11H2,1-2H3,(H,31,32)(H,33,34)(H2,21,22,26)(H2,28,29,30). The number of nitrogen functional groups attached to an aromatic ring is 1. The fourth-order valence-corrected chi connectivity index (χ4v) is 8.23. The molecule has 40 heavy (non-hydrogen) atoms. The fourth-order valence-electron chi connectivity index (χ4n) is 3.64. The summed E-state index contributed by atoms with van der Waals surface area (Å²) in [6, 6.07) is 0.983. The minimum atomic E-state index is -6.11. The molecule has 0 saturated carbocycles. The molecule has 8 N–H and O–H groups in total. The van der Waals surface area contributed by atoms with Crippen LogP contribution < -0.4 is 11.4 Å². The molecule has 1 aromatic heterocycles. The Kier molecular flexibility index (Phi) is 11.4. The van der Waals surface area contributed by atoms with Crippen LogP contribution in [-0.4, -0.2) is 94.2 Å². The van der Waals surface area contributed by atoms with Crippen molar-refractivity contribution in [1.82, 2.24) is 14.5 Å². The maximum absolute atomic E-state index is 14.6. The number of hydrogen-bond acceptors (Lipinski definition) is 12. The number of phosphoric acid groups is 1. The molecular formula is C18H33F2N4O13P3. The van der Waals surface area contributed by atoms with Crippen LogP contribution in [0.3, 0.4) is 0 Å². The minimum absolute atomic E-state index is 0.288. The second kappa shape index (κ2) is 13.0. The molecule has 1 aromatic rings. The lowest BCUT2D eigenvalue weighted by molar-refractivity contribution is -0.140. The van der Waals surface area contributed by atoms with Crippen LogP contribution in [0.1, 0.15) is 38.8 Å². The second-order valence-corrected chi connectivity index (χ2v) is 14.9. The second-order valence-electron chi connectivity index (χ2n) is 9.13. The van der Waals surface area contributed by atoms with E-state index in [1.54, 1.807) is 0 Å². The van der Waals surface area contributed by atoms with Gasteiger partial charge in [0.05, 0.1) is 6.61 Å². The Hall–Kier alpha value is -1.17. The van der Waals surface area contributed by atoms with E-state index < -0.39 is 71.2 Å².